The molecule has 0 radical (unpaired) electrons. The predicted octanol–water partition coefficient (Wildman–Crippen LogP) is 3.08. The number of rotatable bonds is 8. The summed E-state index contributed by atoms with van der Waals surface area (Å²) in [5.41, 5.74) is 1.82. The van der Waals surface area contributed by atoms with Crippen LogP contribution in [0.3, 0.4) is 0 Å². The van der Waals surface area contributed by atoms with Crippen molar-refractivity contribution in [2.24, 2.45) is 7.05 Å². The van der Waals surface area contributed by atoms with E-state index in [0.717, 1.165) is 12.0 Å². The fourth-order valence-electron chi connectivity index (χ4n) is 2.83. The molecule has 0 saturated carbocycles. The first kappa shape index (κ1) is 20.4. The van der Waals surface area contributed by atoms with Crippen molar-refractivity contribution in [1.29, 1.82) is 0 Å². The standard InChI is InChI=1S/C21H26N2O4/c1-5-16(17-9-7-6-8-10-17)12-22-20(25)15(3)27-21(26)19-11-18(14(2)24)13-23(19)4/h6-11,13,15-16H,5,12H2,1-4H3,(H,22,25)/t15-,16+/m0/s1. The molecular formula is C21H26N2O4. The average Bonchev–Trinajstić information content (AvgIpc) is 3.05. The first-order valence-electron chi connectivity index (χ1n) is 9.04. The summed E-state index contributed by atoms with van der Waals surface area (Å²) >= 11 is 0. The number of amides is 1. The van der Waals surface area contributed by atoms with Gasteiger partial charge in [0.1, 0.15) is 5.69 Å². The van der Waals surface area contributed by atoms with Crippen LogP contribution < -0.4 is 5.32 Å². The monoisotopic (exact) mass is 370 g/mol. The molecule has 0 spiro atoms. The average molecular weight is 370 g/mol. The summed E-state index contributed by atoms with van der Waals surface area (Å²) in [7, 11) is 1.65. The summed E-state index contributed by atoms with van der Waals surface area (Å²) in [6.45, 7) is 5.50. The quantitative estimate of drug-likeness (QED) is 0.572. The SMILES string of the molecule is CC[C@H](CNC(=O)[C@H](C)OC(=O)c1cc(C(C)=O)cn1C)c1ccccc1. The second-order valence-corrected chi connectivity index (χ2v) is 6.59. The third-order valence-corrected chi connectivity index (χ3v) is 4.56. The lowest BCUT2D eigenvalue weighted by molar-refractivity contribution is -0.129. The maximum atomic E-state index is 12.3. The number of nitrogens with one attached hydrogen (secondary N) is 1. The lowest BCUT2D eigenvalue weighted by Crippen LogP contribution is -2.38. The van der Waals surface area contributed by atoms with Crippen molar-refractivity contribution in [3.05, 3.63) is 59.4 Å². The van der Waals surface area contributed by atoms with Crippen LogP contribution in [0.15, 0.2) is 42.6 Å². The molecule has 0 unspecified atom stereocenters. The van der Waals surface area contributed by atoms with Crippen LogP contribution in [0.25, 0.3) is 0 Å². The van der Waals surface area contributed by atoms with Gasteiger partial charge in [-0.3, -0.25) is 9.59 Å². The number of aryl methyl sites for hydroxylation is 1. The van der Waals surface area contributed by atoms with Gasteiger partial charge in [0, 0.05) is 31.3 Å². The van der Waals surface area contributed by atoms with Crippen LogP contribution >= 0.6 is 0 Å². The smallest absolute Gasteiger partial charge is 0.355 e. The Kier molecular flexibility index (Phi) is 6.93. The molecule has 0 aliphatic rings. The molecule has 1 aromatic carbocycles. The van der Waals surface area contributed by atoms with Crippen LogP contribution in [0, 0.1) is 0 Å². The number of hydrogen-bond acceptors (Lipinski definition) is 4. The van der Waals surface area contributed by atoms with E-state index in [2.05, 4.69) is 12.2 Å². The molecule has 27 heavy (non-hydrogen) atoms. The van der Waals surface area contributed by atoms with Crippen LogP contribution in [0.4, 0.5) is 0 Å². The van der Waals surface area contributed by atoms with Gasteiger partial charge in [-0.25, -0.2) is 4.79 Å². The van der Waals surface area contributed by atoms with E-state index in [1.807, 2.05) is 30.3 Å². The number of carbonyl (C=O) groups is 3. The van der Waals surface area contributed by atoms with E-state index in [4.69, 9.17) is 4.74 Å². The zero-order chi connectivity index (χ0) is 20.0. The third kappa shape index (κ3) is 5.29. The minimum atomic E-state index is -0.929. The molecule has 2 aromatic rings. The highest BCUT2D eigenvalue weighted by atomic mass is 16.5. The van der Waals surface area contributed by atoms with Gasteiger partial charge < -0.3 is 14.6 Å². The number of aromatic nitrogens is 1. The van der Waals surface area contributed by atoms with Crippen molar-refractivity contribution in [1.82, 2.24) is 9.88 Å². The molecule has 0 saturated heterocycles. The van der Waals surface area contributed by atoms with Crippen molar-refractivity contribution >= 4 is 17.7 Å². The van der Waals surface area contributed by atoms with Gasteiger partial charge in [0.25, 0.3) is 5.91 Å². The lowest BCUT2D eigenvalue weighted by atomic mass is 9.96. The Balaban J connectivity index is 1.93. The minimum Gasteiger partial charge on any atom is -0.448 e. The molecule has 0 bridgehead atoms. The van der Waals surface area contributed by atoms with Crippen LogP contribution in [0.5, 0.6) is 0 Å². The van der Waals surface area contributed by atoms with E-state index in [9.17, 15) is 14.4 Å². The Hall–Kier alpha value is -2.89. The van der Waals surface area contributed by atoms with Gasteiger partial charge in [-0.2, -0.15) is 0 Å². The molecule has 1 heterocycles. The van der Waals surface area contributed by atoms with Gasteiger partial charge in [-0.15, -0.1) is 0 Å². The van der Waals surface area contributed by atoms with E-state index in [0.29, 0.717) is 12.1 Å². The summed E-state index contributed by atoms with van der Waals surface area (Å²) in [6, 6.07) is 11.4. The number of ketones is 1. The maximum absolute atomic E-state index is 12.3. The summed E-state index contributed by atoms with van der Waals surface area (Å²) < 4.78 is 6.78. The number of Topliss-reactive ketones (excluding diaryl/α,β-unsaturated/α-hetero) is 1. The first-order chi connectivity index (χ1) is 12.8. The molecule has 0 aliphatic heterocycles. The van der Waals surface area contributed by atoms with Crippen molar-refractivity contribution in [2.45, 2.75) is 39.2 Å². The highest BCUT2D eigenvalue weighted by Crippen LogP contribution is 2.18. The molecule has 2 atom stereocenters. The first-order valence-corrected chi connectivity index (χ1v) is 9.04. The Morgan fingerprint density at radius 2 is 1.85 bits per heavy atom. The van der Waals surface area contributed by atoms with Crippen LogP contribution in [-0.2, 0) is 16.6 Å². The number of hydrogen-bond donors (Lipinski definition) is 1. The van der Waals surface area contributed by atoms with E-state index in [1.165, 1.54) is 24.5 Å². The molecular weight excluding hydrogens is 344 g/mol. The van der Waals surface area contributed by atoms with E-state index in [1.54, 1.807) is 13.2 Å². The topological polar surface area (TPSA) is 77.4 Å². The zero-order valence-corrected chi connectivity index (χ0v) is 16.2. The highest BCUT2D eigenvalue weighted by Gasteiger charge is 2.22. The Bertz CT molecular complexity index is 811. The molecule has 1 aromatic heterocycles. The molecule has 6 nitrogen and oxygen atoms in total. The number of ether oxygens (including phenoxy) is 1. The van der Waals surface area contributed by atoms with Crippen molar-refractivity contribution in [2.75, 3.05) is 6.54 Å². The predicted molar refractivity (Wildman–Crippen MR) is 103 cm³/mol. The number of esters is 1. The summed E-state index contributed by atoms with van der Waals surface area (Å²) in [6.07, 6.45) is 1.52. The van der Waals surface area contributed by atoms with Crippen LogP contribution in [0.1, 0.15) is 59.5 Å². The van der Waals surface area contributed by atoms with Gasteiger partial charge in [-0.05, 0) is 31.9 Å². The molecule has 1 N–H and O–H groups in total. The number of carbonyl (C=O) groups excluding carboxylic acids is 3. The fourth-order valence-corrected chi connectivity index (χ4v) is 2.83. The van der Waals surface area contributed by atoms with Gasteiger partial charge >= 0.3 is 5.97 Å². The van der Waals surface area contributed by atoms with Gasteiger partial charge in [0.2, 0.25) is 0 Å². The molecule has 0 fully saturated rings. The third-order valence-electron chi connectivity index (χ3n) is 4.56. The highest BCUT2D eigenvalue weighted by molar-refractivity contribution is 5.98. The summed E-state index contributed by atoms with van der Waals surface area (Å²) in [5.74, 6) is -0.924. The normalized spacial score (nSPS) is 12.9. The van der Waals surface area contributed by atoms with Gasteiger partial charge in [0.15, 0.2) is 11.9 Å². The molecule has 144 valence electrons. The molecule has 1 amide bonds. The van der Waals surface area contributed by atoms with Crippen LogP contribution in [-0.4, -0.2) is 34.9 Å². The molecule has 2 rings (SSSR count). The fraction of sp³-hybridized carbons (Fsp3) is 0.381. The second-order valence-electron chi connectivity index (χ2n) is 6.59. The van der Waals surface area contributed by atoms with E-state index in [-0.39, 0.29) is 23.3 Å². The van der Waals surface area contributed by atoms with Crippen molar-refractivity contribution < 1.29 is 19.1 Å². The van der Waals surface area contributed by atoms with E-state index < -0.39 is 12.1 Å². The van der Waals surface area contributed by atoms with Crippen LogP contribution in [0.2, 0.25) is 0 Å². The summed E-state index contributed by atoms with van der Waals surface area (Å²) in [5, 5.41) is 2.85. The molecule has 0 aliphatic carbocycles. The second kappa shape index (κ2) is 9.16. The van der Waals surface area contributed by atoms with E-state index >= 15 is 0 Å². The number of benzene rings is 1. The molecule has 6 heteroatoms. The number of nitrogens with zero attached hydrogens (tertiary/aromatic N) is 1. The van der Waals surface area contributed by atoms with Gasteiger partial charge in [0.05, 0.1) is 0 Å². The van der Waals surface area contributed by atoms with Gasteiger partial charge in [-0.1, -0.05) is 37.3 Å². The largest absolute Gasteiger partial charge is 0.448 e. The Morgan fingerprint density at radius 1 is 1.19 bits per heavy atom. The Morgan fingerprint density at radius 3 is 2.41 bits per heavy atom. The van der Waals surface area contributed by atoms with Crippen molar-refractivity contribution in [3.63, 3.8) is 0 Å². The lowest BCUT2D eigenvalue weighted by Gasteiger charge is -2.18. The zero-order valence-electron chi connectivity index (χ0n) is 16.2. The summed E-state index contributed by atoms with van der Waals surface area (Å²) in [4.78, 5) is 36.0. The Labute approximate surface area is 159 Å². The maximum Gasteiger partial charge on any atom is 0.355 e. The minimum absolute atomic E-state index is 0.137. The van der Waals surface area contributed by atoms with Crippen molar-refractivity contribution in [3.8, 4) is 0 Å².